The lowest BCUT2D eigenvalue weighted by Gasteiger charge is -2.32. The number of rotatable bonds is 10. The predicted molar refractivity (Wildman–Crippen MR) is 259 cm³/mol. The lowest BCUT2D eigenvalue weighted by molar-refractivity contribution is 1.28. The molecule has 0 saturated carbocycles. The van der Waals surface area contributed by atoms with Crippen molar-refractivity contribution in [3.05, 3.63) is 261 Å². The average molecular weight is 778 g/mol. The minimum atomic E-state index is 1.07. The minimum Gasteiger partial charge on any atom is -0.310 e. The van der Waals surface area contributed by atoms with E-state index in [1.54, 1.807) is 0 Å². The normalized spacial score (nSPS) is 11.0. The van der Waals surface area contributed by atoms with Crippen molar-refractivity contribution in [2.45, 2.75) is 0 Å². The molecule has 0 aromatic heterocycles. The van der Waals surface area contributed by atoms with Crippen molar-refractivity contribution in [1.29, 1.82) is 0 Å². The van der Waals surface area contributed by atoms with Crippen molar-refractivity contribution in [3.8, 4) is 77.9 Å². The van der Waals surface area contributed by atoms with Crippen LogP contribution in [0.2, 0.25) is 0 Å². The lowest BCUT2D eigenvalue weighted by atomic mass is 9.81. The molecule has 0 saturated heterocycles. The van der Waals surface area contributed by atoms with Gasteiger partial charge in [0.05, 0.1) is 5.69 Å². The summed E-state index contributed by atoms with van der Waals surface area (Å²) < 4.78 is 0. The van der Waals surface area contributed by atoms with E-state index in [9.17, 15) is 0 Å². The first-order chi connectivity index (χ1) is 30.3. The van der Waals surface area contributed by atoms with Crippen molar-refractivity contribution in [1.82, 2.24) is 0 Å². The fourth-order valence-corrected chi connectivity index (χ4v) is 8.74. The van der Waals surface area contributed by atoms with Gasteiger partial charge in [-0.05, 0) is 97.1 Å². The highest BCUT2D eigenvalue weighted by molar-refractivity contribution is 6.08. The van der Waals surface area contributed by atoms with Gasteiger partial charge in [0.25, 0.3) is 0 Å². The van der Waals surface area contributed by atoms with Crippen molar-refractivity contribution >= 4 is 17.1 Å². The summed E-state index contributed by atoms with van der Waals surface area (Å²) in [6, 6.07) is 94.1. The Bertz CT molecular complexity index is 3020. The maximum absolute atomic E-state index is 2.44. The SMILES string of the molecule is c1ccc(-c2ccccc2-c2ccccc2-c2ccc(N(c3ccccc3)c3cc(-c4ccccc4)c(-c4ccccc4)c(-c4ccccc4)c3-c3ccccc3)cc2)cc1. The van der Waals surface area contributed by atoms with Crippen molar-refractivity contribution in [2.24, 2.45) is 0 Å². The zero-order chi connectivity index (χ0) is 40.8. The molecule has 0 aliphatic heterocycles. The molecule has 1 nitrogen and oxygen atoms in total. The van der Waals surface area contributed by atoms with Gasteiger partial charge in [-0.1, -0.05) is 231 Å². The predicted octanol–water partition coefficient (Wildman–Crippen LogP) is 16.8. The quantitative estimate of drug-likeness (QED) is 0.134. The summed E-state index contributed by atoms with van der Waals surface area (Å²) in [7, 11) is 0. The molecule has 61 heavy (non-hydrogen) atoms. The Morgan fingerprint density at radius 3 is 0.967 bits per heavy atom. The Labute approximate surface area is 359 Å². The summed E-state index contributed by atoms with van der Waals surface area (Å²) in [5.74, 6) is 0. The molecule has 0 bridgehead atoms. The second kappa shape index (κ2) is 17.1. The number of para-hydroxylation sites is 1. The number of anilines is 3. The van der Waals surface area contributed by atoms with Gasteiger partial charge >= 0.3 is 0 Å². The first-order valence-corrected chi connectivity index (χ1v) is 20.9. The Kier molecular flexibility index (Phi) is 10.4. The van der Waals surface area contributed by atoms with Gasteiger partial charge in [0.1, 0.15) is 0 Å². The standard InChI is InChI=1S/C60H43N/c1-7-23-44(24-8-1)52-35-19-21-37-54(52)55-38-22-20-36-53(55)46-39-41-51(42-40-46)61(50-33-17-6-18-34-50)57-43-56(45-25-9-2-10-26-45)58(47-27-11-3-12-28-47)60(49-31-15-5-16-32-49)59(57)48-29-13-4-14-30-48/h1-43H. The van der Waals surface area contributed by atoms with E-state index in [-0.39, 0.29) is 0 Å². The molecule has 10 rings (SSSR count). The maximum Gasteiger partial charge on any atom is 0.0552 e. The van der Waals surface area contributed by atoms with Crippen LogP contribution in [0.4, 0.5) is 17.1 Å². The fraction of sp³-hybridized carbons (Fsp3) is 0. The van der Waals surface area contributed by atoms with Crippen LogP contribution in [-0.4, -0.2) is 0 Å². The molecule has 0 atom stereocenters. The second-order valence-corrected chi connectivity index (χ2v) is 15.2. The van der Waals surface area contributed by atoms with Crippen LogP contribution in [0.25, 0.3) is 77.9 Å². The molecule has 0 aliphatic rings. The van der Waals surface area contributed by atoms with E-state index in [4.69, 9.17) is 0 Å². The molecular weight excluding hydrogens is 735 g/mol. The molecule has 0 aliphatic carbocycles. The van der Waals surface area contributed by atoms with E-state index in [2.05, 4.69) is 266 Å². The van der Waals surface area contributed by atoms with Crippen LogP contribution >= 0.6 is 0 Å². The molecule has 0 fully saturated rings. The third-order valence-electron chi connectivity index (χ3n) is 11.5. The minimum absolute atomic E-state index is 1.07. The van der Waals surface area contributed by atoms with Gasteiger partial charge in [0.15, 0.2) is 0 Å². The van der Waals surface area contributed by atoms with Crippen molar-refractivity contribution in [2.75, 3.05) is 4.90 Å². The first-order valence-electron chi connectivity index (χ1n) is 20.9. The van der Waals surface area contributed by atoms with E-state index in [0.717, 1.165) is 39.3 Å². The van der Waals surface area contributed by atoms with Crippen LogP contribution in [0.15, 0.2) is 261 Å². The summed E-state index contributed by atoms with van der Waals surface area (Å²) in [6.07, 6.45) is 0. The van der Waals surface area contributed by atoms with Crippen LogP contribution in [-0.2, 0) is 0 Å². The highest BCUT2D eigenvalue weighted by atomic mass is 15.1. The highest BCUT2D eigenvalue weighted by Gasteiger charge is 2.27. The smallest absolute Gasteiger partial charge is 0.0552 e. The zero-order valence-electron chi connectivity index (χ0n) is 33.8. The van der Waals surface area contributed by atoms with E-state index < -0.39 is 0 Å². The van der Waals surface area contributed by atoms with Gasteiger partial charge in [-0.15, -0.1) is 0 Å². The molecule has 0 heterocycles. The second-order valence-electron chi connectivity index (χ2n) is 15.2. The highest BCUT2D eigenvalue weighted by Crippen LogP contribution is 2.53. The molecule has 0 N–H and O–H groups in total. The average Bonchev–Trinajstić information content (AvgIpc) is 3.35. The summed E-state index contributed by atoms with van der Waals surface area (Å²) in [5.41, 5.74) is 19.8. The molecule has 10 aromatic carbocycles. The Balaban J connectivity index is 1.22. The number of hydrogen-bond acceptors (Lipinski definition) is 1. The topological polar surface area (TPSA) is 3.24 Å². The number of hydrogen-bond donors (Lipinski definition) is 0. The maximum atomic E-state index is 2.44. The van der Waals surface area contributed by atoms with E-state index >= 15 is 0 Å². The van der Waals surface area contributed by atoms with Gasteiger partial charge in [-0.25, -0.2) is 0 Å². The number of nitrogens with zero attached hydrogens (tertiary/aromatic N) is 1. The molecular formula is C60H43N. The zero-order valence-corrected chi connectivity index (χ0v) is 33.8. The lowest BCUT2D eigenvalue weighted by Crippen LogP contribution is -2.13. The van der Waals surface area contributed by atoms with E-state index in [1.165, 1.54) is 55.6 Å². The molecule has 10 aromatic rings. The molecule has 0 unspecified atom stereocenters. The van der Waals surface area contributed by atoms with Crippen LogP contribution in [0.5, 0.6) is 0 Å². The Morgan fingerprint density at radius 2 is 0.508 bits per heavy atom. The van der Waals surface area contributed by atoms with Gasteiger partial charge in [-0.2, -0.15) is 0 Å². The van der Waals surface area contributed by atoms with Crippen LogP contribution < -0.4 is 4.90 Å². The third-order valence-corrected chi connectivity index (χ3v) is 11.5. The first kappa shape index (κ1) is 37.3. The third kappa shape index (κ3) is 7.46. The molecule has 1 heteroatoms. The summed E-state index contributed by atoms with van der Waals surface area (Å²) in [4.78, 5) is 2.44. The Hall–Kier alpha value is -8.00. The summed E-state index contributed by atoms with van der Waals surface area (Å²) in [6.45, 7) is 0. The van der Waals surface area contributed by atoms with E-state index in [0.29, 0.717) is 0 Å². The van der Waals surface area contributed by atoms with Gasteiger partial charge in [0, 0.05) is 22.5 Å². The molecule has 0 spiro atoms. The van der Waals surface area contributed by atoms with E-state index in [1.807, 2.05) is 0 Å². The monoisotopic (exact) mass is 777 g/mol. The van der Waals surface area contributed by atoms with Crippen LogP contribution in [0.1, 0.15) is 0 Å². The fourth-order valence-electron chi connectivity index (χ4n) is 8.74. The summed E-state index contributed by atoms with van der Waals surface area (Å²) in [5, 5.41) is 0. The van der Waals surface area contributed by atoms with Crippen LogP contribution in [0, 0.1) is 0 Å². The van der Waals surface area contributed by atoms with Crippen molar-refractivity contribution < 1.29 is 0 Å². The Morgan fingerprint density at radius 1 is 0.197 bits per heavy atom. The van der Waals surface area contributed by atoms with Gasteiger partial charge < -0.3 is 4.90 Å². The van der Waals surface area contributed by atoms with Gasteiger partial charge in [-0.3, -0.25) is 0 Å². The number of benzene rings is 10. The molecule has 0 radical (unpaired) electrons. The largest absolute Gasteiger partial charge is 0.310 e. The molecule has 288 valence electrons. The van der Waals surface area contributed by atoms with Crippen molar-refractivity contribution in [3.63, 3.8) is 0 Å². The summed E-state index contributed by atoms with van der Waals surface area (Å²) >= 11 is 0. The van der Waals surface area contributed by atoms with Crippen LogP contribution in [0.3, 0.4) is 0 Å². The van der Waals surface area contributed by atoms with Gasteiger partial charge in [0.2, 0.25) is 0 Å². The molecule has 0 amide bonds.